The van der Waals surface area contributed by atoms with Crippen LogP contribution in [0.5, 0.6) is 0 Å². The van der Waals surface area contributed by atoms with Crippen LogP contribution >= 0.6 is 0 Å². The van der Waals surface area contributed by atoms with Crippen LogP contribution in [0.15, 0.2) is 46.0 Å². The molecule has 30 heavy (non-hydrogen) atoms. The Labute approximate surface area is 175 Å². The number of rotatable bonds is 5. The maximum atomic E-state index is 12.9. The molecule has 2 aromatic heterocycles. The molecular weight excluding hydrogens is 404 g/mol. The zero-order chi connectivity index (χ0) is 21.5. The number of sulfonamides is 1. The van der Waals surface area contributed by atoms with Crippen LogP contribution in [0.25, 0.3) is 22.5 Å². The molecule has 3 aromatic rings. The molecule has 1 aliphatic carbocycles. The SMILES string of the molecule is Cc1ncc(-c2cc(-c3cc(S(=O)(=O)NC4CC[C@H](O)C4)ccc3C)cnc2N)o1. The molecule has 1 aliphatic rings. The van der Waals surface area contributed by atoms with Crippen molar-refractivity contribution < 1.29 is 17.9 Å². The fourth-order valence-corrected chi connectivity index (χ4v) is 5.05. The van der Waals surface area contributed by atoms with Crippen LogP contribution in [0.3, 0.4) is 0 Å². The predicted molar refractivity (Wildman–Crippen MR) is 113 cm³/mol. The minimum Gasteiger partial charge on any atom is -0.441 e. The first-order valence-corrected chi connectivity index (χ1v) is 11.2. The van der Waals surface area contributed by atoms with Crippen molar-refractivity contribution in [2.75, 3.05) is 5.73 Å². The highest BCUT2D eigenvalue weighted by Gasteiger charge is 2.28. The van der Waals surface area contributed by atoms with Gasteiger partial charge in [0.15, 0.2) is 11.7 Å². The molecule has 4 rings (SSSR count). The average molecular weight is 429 g/mol. The predicted octanol–water partition coefficient (Wildman–Crippen LogP) is 2.79. The van der Waals surface area contributed by atoms with Gasteiger partial charge in [-0.3, -0.25) is 0 Å². The van der Waals surface area contributed by atoms with Crippen LogP contribution in [0.1, 0.15) is 30.7 Å². The summed E-state index contributed by atoms with van der Waals surface area (Å²) in [7, 11) is -3.72. The van der Waals surface area contributed by atoms with Gasteiger partial charge < -0.3 is 15.3 Å². The Bertz CT molecular complexity index is 1190. The monoisotopic (exact) mass is 428 g/mol. The summed E-state index contributed by atoms with van der Waals surface area (Å²) in [6, 6.07) is 6.54. The average Bonchev–Trinajstić information content (AvgIpc) is 3.30. The molecular formula is C21H24N4O4S. The van der Waals surface area contributed by atoms with E-state index in [4.69, 9.17) is 10.2 Å². The normalized spacial score (nSPS) is 19.3. The van der Waals surface area contributed by atoms with Crippen LogP contribution in [0.2, 0.25) is 0 Å². The first-order valence-electron chi connectivity index (χ1n) is 9.72. The van der Waals surface area contributed by atoms with Gasteiger partial charge in [-0.1, -0.05) is 6.07 Å². The second-order valence-electron chi connectivity index (χ2n) is 7.66. The van der Waals surface area contributed by atoms with E-state index in [1.807, 2.05) is 13.0 Å². The van der Waals surface area contributed by atoms with Gasteiger partial charge in [0.1, 0.15) is 5.82 Å². The number of hydrogen-bond donors (Lipinski definition) is 3. The third-order valence-electron chi connectivity index (χ3n) is 5.36. The minimum atomic E-state index is -3.72. The number of aliphatic hydroxyl groups excluding tert-OH is 1. The van der Waals surface area contributed by atoms with Crippen LogP contribution in [-0.2, 0) is 10.0 Å². The molecule has 0 saturated heterocycles. The van der Waals surface area contributed by atoms with Gasteiger partial charge in [0, 0.05) is 24.7 Å². The zero-order valence-corrected chi connectivity index (χ0v) is 17.6. The van der Waals surface area contributed by atoms with Gasteiger partial charge in [-0.25, -0.2) is 23.1 Å². The minimum absolute atomic E-state index is 0.165. The van der Waals surface area contributed by atoms with Crippen molar-refractivity contribution in [1.29, 1.82) is 0 Å². The van der Waals surface area contributed by atoms with Crippen LogP contribution in [0.4, 0.5) is 5.82 Å². The number of aryl methyl sites for hydroxylation is 2. The Kier molecular flexibility index (Phi) is 5.35. The van der Waals surface area contributed by atoms with Gasteiger partial charge in [-0.05, 0) is 55.5 Å². The fourth-order valence-electron chi connectivity index (χ4n) is 3.74. The summed E-state index contributed by atoms with van der Waals surface area (Å²) in [6.07, 6.45) is 4.40. The Morgan fingerprint density at radius 3 is 2.60 bits per heavy atom. The fraction of sp³-hybridized carbons (Fsp3) is 0.333. The molecule has 0 radical (unpaired) electrons. The first kappa shape index (κ1) is 20.5. The molecule has 1 aromatic carbocycles. The molecule has 158 valence electrons. The van der Waals surface area contributed by atoms with E-state index in [1.54, 1.807) is 37.5 Å². The number of nitrogens with zero attached hydrogens (tertiary/aromatic N) is 2. The largest absolute Gasteiger partial charge is 0.441 e. The lowest BCUT2D eigenvalue weighted by atomic mass is 10.0. The van der Waals surface area contributed by atoms with Gasteiger partial charge in [0.05, 0.1) is 22.8 Å². The standard InChI is InChI=1S/C21H24N4O4S/c1-12-3-6-17(30(27,28)25-15-4-5-16(26)8-15)9-18(12)14-7-19(21(22)24-10-14)20-11-23-13(2)29-20/h3,6-7,9-11,15-16,25-26H,4-5,8H2,1-2H3,(H2,22,24)/t15?,16-/m0/s1. The van der Waals surface area contributed by atoms with E-state index in [2.05, 4.69) is 14.7 Å². The number of aromatic nitrogens is 2. The number of pyridine rings is 1. The molecule has 1 saturated carbocycles. The summed E-state index contributed by atoms with van der Waals surface area (Å²) in [6.45, 7) is 3.65. The molecule has 0 aliphatic heterocycles. The van der Waals surface area contributed by atoms with Crippen molar-refractivity contribution in [3.8, 4) is 22.5 Å². The Hall–Kier alpha value is -2.75. The van der Waals surface area contributed by atoms with Gasteiger partial charge in [-0.15, -0.1) is 0 Å². The van der Waals surface area contributed by atoms with Crippen molar-refractivity contribution >= 4 is 15.8 Å². The van der Waals surface area contributed by atoms with Crippen LogP contribution in [-0.4, -0.2) is 35.6 Å². The van der Waals surface area contributed by atoms with E-state index in [0.29, 0.717) is 42.3 Å². The molecule has 1 fully saturated rings. The summed E-state index contributed by atoms with van der Waals surface area (Å²) < 4.78 is 34.0. The molecule has 1 unspecified atom stereocenters. The van der Waals surface area contributed by atoms with Gasteiger partial charge >= 0.3 is 0 Å². The topological polar surface area (TPSA) is 131 Å². The summed E-state index contributed by atoms with van der Waals surface area (Å²) in [5, 5.41) is 9.68. The van der Waals surface area contributed by atoms with Gasteiger partial charge in [0.2, 0.25) is 10.0 Å². The number of nitrogens with two attached hydrogens (primary N) is 1. The van der Waals surface area contributed by atoms with Crippen molar-refractivity contribution in [2.24, 2.45) is 0 Å². The van der Waals surface area contributed by atoms with Crippen molar-refractivity contribution in [3.63, 3.8) is 0 Å². The third kappa shape index (κ3) is 4.09. The number of anilines is 1. The van der Waals surface area contributed by atoms with E-state index in [9.17, 15) is 13.5 Å². The molecule has 8 nitrogen and oxygen atoms in total. The molecule has 9 heteroatoms. The van der Waals surface area contributed by atoms with Gasteiger partial charge in [0.25, 0.3) is 0 Å². The number of nitrogens with one attached hydrogen (secondary N) is 1. The van der Waals surface area contributed by atoms with Crippen molar-refractivity contribution in [2.45, 2.75) is 50.2 Å². The lowest BCUT2D eigenvalue weighted by molar-refractivity contribution is 0.181. The van der Waals surface area contributed by atoms with Crippen LogP contribution in [0, 0.1) is 13.8 Å². The Morgan fingerprint density at radius 1 is 1.13 bits per heavy atom. The molecule has 2 atom stereocenters. The molecule has 4 N–H and O–H groups in total. The Balaban J connectivity index is 1.70. The summed E-state index contributed by atoms with van der Waals surface area (Å²) in [5.74, 6) is 1.32. The van der Waals surface area contributed by atoms with Gasteiger partial charge in [-0.2, -0.15) is 0 Å². The van der Waals surface area contributed by atoms with Crippen molar-refractivity contribution in [3.05, 3.63) is 48.1 Å². The molecule has 0 bridgehead atoms. The highest BCUT2D eigenvalue weighted by Crippen LogP contribution is 2.32. The van der Waals surface area contributed by atoms with E-state index in [-0.39, 0.29) is 10.9 Å². The number of hydrogen-bond acceptors (Lipinski definition) is 7. The summed E-state index contributed by atoms with van der Waals surface area (Å²) >= 11 is 0. The molecule has 0 spiro atoms. The maximum absolute atomic E-state index is 12.9. The molecule has 2 heterocycles. The lowest BCUT2D eigenvalue weighted by Gasteiger charge is -2.15. The maximum Gasteiger partial charge on any atom is 0.240 e. The Morgan fingerprint density at radius 2 is 1.93 bits per heavy atom. The zero-order valence-electron chi connectivity index (χ0n) is 16.8. The number of benzene rings is 1. The van der Waals surface area contributed by atoms with Crippen LogP contribution < -0.4 is 10.5 Å². The smallest absolute Gasteiger partial charge is 0.240 e. The number of nitrogen functional groups attached to an aromatic ring is 1. The van der Waals surface area contributed by atoms with E-state index in [0.717, 1.165) is 16.7 Å². The highest BCUT2D eigenvalue weighted by atomic mass is 32.2. The number of oxazole rings is 1. The summed E-state index contributed by atoms with van der Waals surface area (Å²) in [5.41, 5.74) is 8.97. The van der Waals surface area contributed by atoms with E-state index >= 15 is 0 Å². The van der Waals surface area contributed by atoms with E-state index < -0.39 is 16.1 Å². The highest BCUT2D eigenvalue weighted by molar-refractivity contribution is 7.89. The quantitative estimate of drug-likeness (QED) is 0.569. The lowest BCUT2D eigenvalue weighted by Crippen LogP contribution is -2.33. The summed E-state index contributed by atoms with van der Waals surface area (Å²) in [4.78, 5) is 8.53. The number of aliphatic hydroxyl groups is 1. The third-order valence-corrected chi connectivity index (χ3v) is 6.88. The second-order valence-corrected chi connectivity index (χ2v) is 9.38. The van der Waals surface area contributed by atoms with E-state index in [1.165, 1.54) is 0 Å². The first-order chi connectivity index (χ1) is 14.2. The van der Waals surface area contributed by atoms with Crippen molar-refractivity contribution in [1.82, 2.24) is 14.7 Å². The second kappa shape index (κ2) is 7.82. The molecule has 0 amide bonds.